The van der Waals surface area contributed by atoms with E-state index in [1.165, 1.54) is 16.4 Å². The van der Waals surface area contributed by atoms with Crippen LogP contribution in [-0.2, 0) is 14.8 Å². The lowest BCUT2D eigenvalue weighted by Gasteiger charge is -2.31. The van der Waals surface area contributed by atoms with Gasteiger partial charge < -0.3 is 10.1 Å². The van der Waals surface area contributed by atoms with Gasteiger partial charge in [-0.3, -0.25) is 4.79 Å². The number of sulfonamides is 1. The highest BCUT2D eigenvalue weighted by atomic mass is 35.5. The maximum absolute atomic E-state index is 12.9. The maximum atomic E-state index is 12.9. The molecule has 1 aliphatic heterocycles. The molecule has 1 N–H and O–H groups in total. The van der Waals surface area contributed by atoms with Crippen LogP contribution in [0.15, 0.2) is 66.1 Å². The number of piperidine rings is 1. The van der Waals surface area contributed by atoms with E-state index >= 15 is 0 Å². The second kappa shape index (κ2) is 9.43. The Kier molecular flexibility index (Phi) is 6.95. The second-order valence-corrected chi connectivity index (χ2v) is 9.15. The van der Waals surface area contributed by atoms with Gasteiger partial charge in [-0.05, 0) is 49.2 Å². The van der Waals surface area contributed by atoms with Crippen LogP contribution in [0, 0.1) is 5.92 Å². The summed E-state index contributed by atoms with van der Waals surface area (Å²) in [5, 5.41) is 3.34. The topological polar surface area (TPSA) is 75.7 Å². The van der Waals surface area contributed by atoms with Gasteiger partial charge in [0.2, 0.25) is 15.9 Å². The Bertz CT molecular complexity index is 976. The van der Waals surface area contributed by atoms with E-state index in [1.807, 2.05) is 0 Å². The Morgan fingerprint density at radius 1 is 1.28 bits per heavy atom. The lowest BCUT2D eigenvalue weighted by Crippen LogP contribution is -2.43. The van der Waals surface area contributed by atoms with Crippen molar-refractivity contribution in [3.05, 3.63) is 66.2 Å². The summed E-state index contributed by atoms with van der Waals surface area (Å²) >= 11 is 5.85. The van der Waals surface area contributed by atoms with Crippen LogP contribution in [0.3, 0.4) is 0 Å². The molecule has 1 atom stereocenters. The van der Waals surface area contributed by atoms with Crippen molar-refractivity contribution in [3.8, 4) is 5.75 Å². The summed E-state index contributed by atoms with van der Waals surface area (Å²) in [6, 6.07) is 13.1. The van der Waals surface area contributed by atoms with Crippen molar-refractivity contribution in [2.24, 2.45) is 5.92 Å². The number of carbonyl (C=O) groups excluding carboxylic acids is 1. The maximum Gasteiger partial charge on any atom is 0.243 e. The van der Waals surface area contributed by atoms with Gasteiger partial charge in [0.15, 0.2) is 0 Å². The molecule has 6 nitrogen and oxygen atoms in total. The summed E-state index contributed by atoms with van der Waals surface area (Å²) in [5.74, 6) is -0.0104. The zero-order valence-electron chi connectivity index (χ0n) is 15.9. The number of ether oxygens (including phenoxy) is 1. The van der Waals surface area contributed by atoms with Crippen LogP contribution in [0.5, 0.6) is 5.75 Å². The van der Waals surface area contributed by atoms with Crippen LogP contribution in [0.25, 0.3) is 0 Å². The number of nitrogens with zero attached hydrogens (tertiary/aromatic N) is 1. The molecule has 0 bridgehead atoms. The number of anilines is 1. The number of benzene rings is 2. The summed E-state index contributed by atoms with van der Waals surface area (Å²) in [5.41, 5.74) is 0.606. The van der Waals surface area contributed by atoms with E-state index in [-0.39, 0.29) is 17.3 Å². The van der Waals surface area contributed by atoms with Crippen LogP contribution in [-0.4, -0.2) is 38.3 Å². The fourth-order valence-corrected chi connectivity index (χ4v) is 4.84. The lowest BCUT2D eigenvalue weighted by atomic mass is 9.98. The average molecular weight is 435 g/mol. The van der Waals surface area contributed by atoms with Gasteiger partial charge in [-0.25, -0.2) is 8.42 Å². The Labute approximate surface area is 176 Å². The molecule has 154 valence electrons. The number of carbonyl (C=O) groups is 1. The fourth-order valence-electron chi connectivity index (χ4n) is 3.19. The molecule has 1 saturated heterocycles. The van der Waals surface area contributed by atoms with Crippen molar-refractivity contribution in [2.75, 3.05) is 25.0 Å². The average Bonchev–Trinajstić information content (AvgIpc) is 2.73. The smallest absolute Gasteiger partial charge is 0.243 e. The van der Waals surface area contributed by atoms with Crippen molar-refractivity contribution in [3.63, 3.8) is 0 Å². The van der Waals surface area contributed by atoms with Crippen LogP contribution in [0.4, 0.5) is 5.69 Å². The van der Waals surface area contributed by atoms with Crippen molar-refractivity contribution in [1.29, 1.82) is 0 Å². The van der Waals surface area contributed by atoms with E-state index in [4.69, 9.17) is 16.3 Å². The van der Waals surface area contributed by atoms with Gasteiger partial charge in [-0.2, -0.15) is 4.31 Å². The minimum Gasteiger partial charge on any atom is -0.489 e. The Hall–Kier alpha value is -2.35. The molecule has 3 rings (SSSR count). The van der Waals surface area contributed by atoms with Gasteiger partial charge in [0.05, 0.1) is 10.8 Å². The molecule has 29 heavy (non-hydrogen) atoms. The van der Waals surface area contributed by atoms with Crippen molar-refractivity contribution >= 4 is 33.2 Å². The fraction of sp³-hybridized carbons (Fsp3) is 0.286. The second-order valence-electron chi connectivity index (χ2n) is 6.77. The van der Waals surface area contributed by atoms with Crippen LogP contribution >= 0.6 is 11.6 Å². The molecular weight excluding hydrogens is 412 g/mol. The largest absolute Gasteiger partial charge is 0.489 e. The summed E-state index contributed by atoms with van der Waals surface area (Å²) in [6.45, 7) is 4.51. The van der Waals surface area contributed by atoms with E-state index in [1.54, 1.807) is 42.5 Å². The van der Waals surface area contributed by atoms with E-state index in [2.05, 4.69) is 11.9 Å². The summed E-state index contributed by atoms with van der Waals surface area (Å²) in [6.07, 6.45) is 2.89. The van der Waals surface area contributed by atoms with Crippen LogP contribution in [0.1, 0.15) is 12.8 Å². The van der Waals surface area contributed by atoms with E-state index in [0.29, 0.717) is 42.5 Å². The van der Waals surface area contributed by atoms with Crippen molar-refractivity contribution in [1.82, 2.24) is 4.31 Å². The molecule has 0 unspecified atom stereocenters. The van der Waals surface area contributed by atoms with Gasteiger partial charge in [-0.15, -0.1) is 0 Å². The number of hydrogen-bond acceptors (Lipinski definition) is 4. The highest BCUT2D eigenvalue weighted by Gasteiger charge is 2.33. The van der Waals surface area contributed by atoms with Gasteiger partial charge in [-0.1, -0.05) is 30.3 Å². The summed E-state index contributed by atoms with van der Waals surface area (Å²) in [7, 11) is -3.67. The van der Waals surface area contributed by atoms with Crippen LogP contribution in [0.2, 0.25) is 5.02 Å². The monoisotopic (exact) mass is 434 g/mol. The van der Waals surface area contributed by atoms with Gasteiger partial charge in [0.1, 0.15) is 12.4 Å². The molecule has 1 amide bonds. The van der Waals surface area contributed by atoms with Crippen molar-refractivity contribution < 1.29 is 17.9 Å². The molecular formula is C21H23ClN2O4S. The number of rotatable bonds is 7. The molecule has 0 radical (unpaired) electrons. The predicted molar refractivity (Wildman–Crippen MR) is 114 cm³/mol. The summed E-state index contributed by atoms with van der Waals surface area (Å²) in [4.78, 5) is 12.9. The predicted octanol–water partition coefficient (Wildman–Crippen LogP) is 3.94. The number of amides is 1. The molecule has 2 aromatic rings. The molecule has 2 aromatic carbocycles. The first-order valence-electron chi connectivity index (χ1n) is 9.30. The molecule has 0 aromatic heterocycles. The molecule has 1 fully saturated rings. The lowest BCUT2D eigenvalue weighted by molar-refractivity contribution is -0.120. The number of hydrogen-bond donors (Lipinski definition) is 1. The first-order valence-corrected chi connectivity index (χ1v) is 11.1. The van der Waals surface area contributed by atoms with Crippen molar-refractivity contribution in [2.45, 2.75) is 17.7 Å². The van der Waals surface area contributed by atoms with E-state index in [0.717, 1.165) is 0 Å². The first-order chi connectivity index (χ1) is 13.9. The van der Waals surface area contributed by atoms with Gasteiger partial charge in [0, 0.05) is 29.9 Å². The zero-order chi connectivity index (χ0) is 20.9. The minimum absolute atomic E-state index is 0.142. The van der Waals surface area contributed by atoms with Crippen LogP contribution < -0.4 is 10.1 Å². The standard InChI is InChI=1S/C21H23ClN2O4S/c1-2-13-28-19-7-3-6-18(14-19)23-21(25)16-5-4-12-24(15-16)29(26,27)20-10-8-17(22)9-11-20/h2-3,6-11,14,16H,1,4-5,12-13,15H2,(H,23,25)/t16-/m0/s1. The third kappa shape index (κ3) is 5.38. The molecule has 0 spiro atoms. The van der Waals surface area contributed by atoms with Gasteiger partial charge >= 0.3 is 0 Å². The Morgan fingerprint density at radius 3 is 2.76 bits per heavy atom. The number of nitrogens with one attached hydrogen (secondary N) is 1. The quantitative estimate of drug-likeness (QED) is 0.669. The highest BCUT2D eigenvalue weighted by molar-refractivity contribution is 7.89. The summed E-state index contributed by atoms with van der Waals surface area (Å²) < 4.78 is 32.6. The third-order valence-electron chi connectivity index (χ3n) is 4.68. The molecule has 1 aliphatic rings. The highest BCUT2D eigenvalue weighted by Crippen LogP contribution is 2.26. The molecule has 0 aliphatic carbocycles. The molecule has 0 saturated carbocycles. The molecule has 8 heteroatoms. The third-order valence-corrected chi connectivity index (χ3v) is 6.81. The Morgan fingerprint density at radius 2 is 2.03 bits per heavy atom. The first kappa shape index (κ1) is 21.4. The minimum atomic E-state index is -3.67. The Balaban J connectivity index is 1.68. The molecule has 1 heterocycles. The SMILES string of the molecule is C=CCOc1cccc(NC(=O)[C@H]2CCCN(S(=O)(=O)c3ccc(Cl)cc3)C2)c1. The van der Waals surface area contributed by atoms with Gasteiger partial charge in [0.25, 0.3) is 0 Å². The zero-order valence-corrected chi connectivity index (χ0v) is 17.5. The number of halogens is 1. The van der Waals surface area contributed by atoms with E-state index < -0.39 is 15.9 Å². The normalized spacial score (nSPS) is 17.5. The van der Waals surface area contributed by atoms with E-state index in [9.17, 15) is 13.2 Å².